The molecule has 0 radical (unpaired) electrons. The molecule has 1 aliphatic rings. The molecule has 9 heteroatoms. The molecule has 0 saturated heterocycles. The molecule has 0 saturated carbocycles. The molecule has 3 heterocycles. The molecule has 1 amide bonds. The number of nitrogens with one attached hydrogen (secondary N) is 1. The molecule has 172 valence electrons. The van der Waals surface area contributed by atoms with Gasteiger partial charge >= 0.3 is 0 Å². The Morgan fingerprint density at radius 3 is 2.82 bits per heavy atom. The van der Waals surface area contributed by atoms with E-state index in [2.05, 4.69) is 11.2 Å². The molecule has 2 aromatic carbocycles. The van der Waals surface area contributed by atoms with E-state index in [-0.39, 0.29) is 18.4 Å². The molecule has 8 nitrogen and oxygen atoms in total. The van der Waals surface area contributed by atoms with Gasteiger partial charge < -0.3 is 19.5 Å². The van der Waals surface area contributed by atoms with Crippen LogP contribution >= 0.6 is 11.3 Å². The second-order valence-electron chi connectivity index (χ2n) is 7.80. The van der Waals surface area contributed by atoms with Crippen LogP contribution in [0.3, 0.4) is 0 Å². The van der Waals surface area contributed by atoms with E-state index in [1.165, 1.54) is 11.3 Å². The van der Waals surface area contributed by atoms with Gasteiger partial charge in [-0.05, 0) is 42.8 Å². The summed E-state index contributed by atoms with van der Waals surface area (Å²) < 4.78 is 19.1. The molecule has 1 aliphatic heterocycles. The largest absolute Gasteiger partial charge is 0.497 e. The molecule has 0 spiro atoms. The van der Waals surface area contributed by atoms with Crippen LogP contribution in [0, 0.1) is 19.3 Å². The van der Waals surface area contributed by atoms with E-state index in [9.17, 15) is 4.79 Å². The molecule has 4 aromatic rings. The average molecular weight is 475 g/mol. The summed E-state index contributed by atoms with van der Waals surface area (Å²) in [5, 5.41) is 8.43. The third kappa shape index (κ3) is 3.72. The zero-order chi connectivity index (χ0) is 23.8. The molecule has 34 heavy (non-hydrogen) atoms. The first kappa shape index (κ1) is 21.8. The van der Waals surface area contributed by atoms with Gasteiger partial charge in [0.15, 0.2) is 11.5 Å². The van der Waals surface area contributed by atoms with Crippen molar-refractivity contribution in [3.8, 4) is 34.7 Å². The topological polar surface area (TPSA) is 87.5 Å². The highest BCUT2D eigenvalue weighted by molar-refractivity contribution is 7.20. The number of amides is 1. The van der Waals surface area contributed by atoms with Crippen LogP contribution < -0.4 is 19.5 Å². The van der Waals surface area contributed by atoms with E-state index in [4.69, 9.17) is 30.7 Å². The number of rotatable bonds is 6. The summed E-state index contributed by atoms with van der Waals surface area (Å²) >= 11 is 1.49. The number of terminal acetylenes is 1. The average Bonchev–Trinajstić information content (AvgIpc) is 3.42. The van der Waals surface area contributed by atoms with Gasteiger partial charge in [0, 0.05) is 17.9 Å². The number of methoxy groups -OCH3 is 2. The van der Waals surface area contributed by atoms with E-state index < -0.39 is 0 Å². The standard InChI is InChI=1S/C25H22N4O4S/c1-5-10-33-19-9-6-15(11-20(19)32-4)17-13-22(30)27-24-23(17)14(2)28-29(24)25-26-18-8-7-16(31-3)12-21(18)34-25/h1,6-9,11-12,17H,10,13H2,2-4H3,(H,27,30). The van der Waals surface area contributed by atoms with Crippen LogP contribution in [0.2, 0.25) is 0 Å². The van der Waals surface area contributed by atoms with Gasteiger partial charge in [-0.1, -0.05) is 23.3 Å². The highest BCUT2D eigenvalue weighted by Gasteiger charge is 2.33. The monoisotopic (exact) mass is 474 g/mol. The zero-order valence-electron chi connectivity index (χ0n) is 18.9. The molecule has 0 bridgehead atoms. The fourth-order valence-corrected chi connectivity index (χ4v) is 5.17. The predicted octanol–water partition coefficient (Wildman–Crippen LogP) is 4.29. The Hall–Kier alpha value is -4.03. The number of fused-ring (bicyclic) bond motifs is 2. The van der Waals surface area contributed by atoms with Crippen molar-refractivity contribution in [3.05, 3.63) is 53.2 Å². The first-order valence-corrected chi connectivity index (χ1v) is 11.4. The maximum absolute atomic E-state index is 12.8. The van der Waals surface area contributed by atoms with Crippen molar-refractivity contribution in [2.24, 2.45) is 0 Å². The number of carbonyl (C=O) groups is 1. The van der Waals surface area contributed by atoms with Crippen molar-refractivity contribution in [1.82, 2.24) is 14.8 Å². The molecule has 0 aliphatic carbocycles. The highest BCUT2D eigenvalue weighted by atomic mass is 32.1. The minimum atomic E-state index is -0.192. The number of benzene rings is 2. The summed E-state index contributed by atoms with van der Waals surface area (Å²) in [4.78, 5) is 17.5. The summed E-state index contributed by atoms with van der Waals surface area (Å²) in [5.74, 6) is 4.69. The second kappa shape index (κ2) is 8.72. The molecule has 5 rings (SSSR count). The van der Waals surface area contributed by atoms with E-state index >= 15 is 0 Å². The van der Waals surface area contributed by atoms with Gasteiger partial charge in [-0.3, -0.25) is 4.79 Å². The lowest BCUT2D eigenvalue weighted by Gasteiger charge is -2.24. The van der Waals surface area contributed by atoms with Gasteiger partial charge in [-0.2, -0.15) is 9.78 Å². The van der Waals surface area contributed by atoms with Crippen LogP contribution in [0.5, 0.6) is 17.2 Å². The minimum Gasteiger partial charge on any atom is -0.497 e. The molecule has 1 unspecified atom stereocenters. The fraction of sp³-hybridized carbons (Fsp3) is 0.240. The number of aromatic nitrogens is 3. The van der Waals surface area contributed by atoms with Crippen molar-refractivity contribution in [2.75, 3.05) is 26.1 Å². The number of ether oxygens (including phenoxy) is 3. The Bertz CT molecular complexity index is 1450. The summed E-state index contributed by atoms with van der Waals surface area (Å²) in [6, 6.07) is 11.4. The lowest BCUT2D eigenvalue weighted by Crippen LogP contribution is -2.25. The number of nitrogens with zero attached hydrogens (tertiary/aromatic N) is 3. The maximum Gasteiger partial charge on any atom is 0.226 e. The quantitative estimate of drug-likeness (QED) is 0.420. The normalized spacial score (nSPS) is 14.9. The molecule has 0 fully saturated rings. The van der Waals surface area contributed by atoms with Crippen LogP contribution in [0.25, 0.3) is 15.3 Å². The summed E-state index contributed by atoms with van der Waals surface area (Å²) in [7, 11) is 3.21. The molecule has 2 aromatic heterocycles. The zero-order valence-corrected chi connectivity index (χ0v) is 19.7. The molecule has 1 N–H and O–H groups in total. The first-order valence-electron chi connectivity index (χ1n) is 10.6. The van der Waals surface area contributed by atoms with Crippen molar-refractivity contribution in [1.29, 1.82) is 0 Å². The molecular formula is C25H22N4O4S. The fourth-order valence-electron chi connectivity index (χ4n) is 4.22. The van der Waals surface area contributed by atoms with Gasteiger partial charge in [0.2, 0.25) is 11.0 Å². The third-order valence-corrected chi connectivity index (χ3v) is 6.76. The molecule has 1 atom stereocenters. The number of hydrogen-bond acceptors (Lipinski definition) is 7. The number of anilines is 1. The molecular weight excluding hydrogens is 452 g/mol. The van der Waals surface area contributed by atoms with Crippen molar-refractivity contribution >= 4 is 33.3 Å². The Morgan fingerprint density at radius 2 is 2.06 bits per heavy atom. The number of thiazole rings is 1. The minimum absolute atomic E-state index is 0.0898. The first-order chi connectivity index (χ1) is 16.5. The Morgan fingerprint density at radius 1 is 1.21 bits per heavy atom. The number of hydrogen-bond donors (Lipinski definition) is 1. The van der Waals surface area contributed by atoms with Crippen molar-refractivity contribution < 1.29 is 19.0 Å². The Balaban J connectivity index is 1.58. The maximum atomic E-state index is 12.8. The van der Waals surface area contributed by atoms with Crippen LogP contribution in [0.4, 0.5) is 5.82 Å². The van der Waals surface area contributed by atoms with Crippen molar-refractivity contribution in [2.45, 2.75) is 19.3 Å². The smallest absolute Gasteiger partial charge is 0.226 e. The van der Waals surface area contributed by atoms with Gasteiger partial charge in [0.25, 0.3) is 0 Å². The van der Waals surface area contributed by atoms with E-state index in [0.29, 0.717) is 28.9 Å². The lowest BCUT2D eigenvalue weighted by atomic mass is 9.85. The Labute approximate surface area is 200 Å². The summed E-state index contributed by atoms with van der Waals surface area (Å²) in [6.07, 6.45) is 5.61. The highest BCUT2D eigenvalue weighted by Crippen LogP contribution is 2.43. The van der Waals surface area contributed by atoms with Crippen LogP contribution in [-0.4, -0.2) is 41.5 Å². The lowest BCUT2D eigenvalue weighted by molar-refractivity contribution is -0.116. The third-order valence-electron chi connectivity index (χ3n) is 5.77. The van der Waals surface area contributed by atoms with Crippen LogP contribution in [-0.2, 0) is 4.79 Å². The summed E-state index contributed by atoms with van der Waals surface area (Å²) in [6.45, 7) is 2.09. The van der Waals surface area contributed by atoms with Gasteiger partial charge in [0.1, 0.15) is 18.2 Å². The van der Waals surface area contributed by atoms with E-state index in [1.807, 2.05) is 43.3 Å². The van der Waals surface area contributed by atoms with Crippen molar-refractivity contribution in [3.63, 3.8) is 0 Å². The van der Waals surface area contributed by atoms with Gasteiger partial charge in [0.05, 0.1) is 30.1 Å². The Kier molecular flexibility index (Phi) is 5.59. The number of carbonyl (C=O) groups excluding carboxylic acids is 1. The number of aryl methyl sites for hydroxylation is 1. The summed E-state index contributed by atoms with van der Waals surface area (Å²) in [5.41, 5.74) is 3.55. The SMILES string of the molecule is C#CCOc1ccc(C2CC(=O)Nc3c2c(C)nn3-c2nc3ccc(OC)cc3s2)cc1OC. The van der Waals surface area contributed by atoms with E-state index in [1.54, 1.807) is 18.9 Å². The van der Waals surface area contributed by atoms with E-state index in [0.717, 1.165) is 32.8 Å². The predicted molar refractivity (Wildman–Crippen MR) is 130 cm³/mol. The van der Waals surface area contributed by atoms with Crippen LogP contribution in [0.1, 0.15) is 29.2 Å². The van der Waals surface area contributed by atoms with Gasteiger partial charge in [-0.25, -0.2) is 4.98 Å². The van der Waals surface area contributed by atoms with Gasteiger partial charge in [-0.15, -0.1) is 6.42 Å². The van der Waals surface area contributed by atoms with Crippen LogP contribution in [0.15, 0.2) is 36.4 Å². The second-order valence-corrected chi connectivity index (χ2v) is 8.81.